The fraction of sp³-hybridized carbons (Fsp3) is 0.750. The molecule has 0 aromatic carbocycles. The quantitative estimate of drug-likeness (QED) is 0.661. The van der Waals surface area contributed by atoms with Crippen LogP contribution in [0.25, 0.3) is 0 Å². The fourth-order valence-corrected chi connectivity index (χ4v) is 0.423. The second-order valence-electron chi connectivity index (χ2n) is 2.20. The van der Waals surface area contributed by atoms with Crippen molar-refractivity contribution in [3.05, 3.63) is 0 Å². The van der Waals surface area contributed by atoms with E-state index in [4.69, 9.17) is 9.90 Å². The number of carboxylic acids is 1. The Labute approximate surface area is 72.5 Å². The van der Waals surface area contributed by atoms with Crippen LogP contribution in [0, 0.1) is 0 Å². The van der Waals surface area contributed by atoms with Gasteiger partial charge in [0.05, 0.1) is 7.11 Å². The number of rotatable bonds is 3. The molecule has 0 aliphatic rings. The van der Waals surface area contributed by atoms with Crippen LogP contribution in [0.1, 0.15) is 33.1 Å². The van der Waals surface area contributed by atoms with E-state index >= 15 is 0 Å². The molecule has 0 bridgehead atoms. The molecule has 12 heavy (non-hydrogen) atoms. The molecule has 0 aliphatic heterocycles. The van der Waals surface area contributed by atoms with Crippen LogP contribution in [0.4, 0.5) is 0 Å². The van der Waals surface area contributed by atoms with Crippen molar-refractivity contribution in [3.8, 4) is 0 Å². The second-order valence-corrected chi connectivity index (χ2v) is 2.20. The minimum atomic E-state index is -0.833. The average molecular weight is 176 g/mol. The molecule has 0 aromatic heterocycles. The summed E-state index contributed by atoms with van der Waals surface area (Å²) in [6.45, 7) is 3.13. The third-order valence-corrected chi connectivity index (χ3v) is 0.962. The molecule has 0 atom stereocenters. The molecular weight excluding hydrogens is 160 g/mol. The lowest BCUT2D eigenvalue weighted by Crippen LogP contribution is -1.98. The van der Waals surface area contributed by atoms with Crippen LogP contribution in [0.15, 0.2) is 0 Å². The van der Waals surface area contributed by atoms with Gasteiger partial charge in [0.1, 0.15) is 0 Å². The van der Waals surface area contributed by atoms with Gasteiger partial charge in [-0.25, -0.2) is 0 Å². The van der Waals surface area contributed by atoms with E-state index in [1.807, 2.05) is 6.92 Å². The Morgan fingerprint density at radius 1 is 1.42 bits per heavy atom. The van der Waals surface area contributed by atoms with Crippen molar-refractivity contribution in [2.24, 2.45) is 0 Å². The minimum absolute atomic E-state index is 0.105. The summed E-state index contributed by atoms with van der Waals surface area (Å²) in [5.41, 5.74) is 0. The second kappa shape index (κ2) is 9.94. The molecule has 0 aliphatic carbocycles. The van der Waals surface area contributed by atoms with Gasteiger partial charge in [0.25, 0.3) is 5.97 Å². The maximum absolute atomic E-state index is 10.3. The molecule has 0 amide bonds. The van der Waals surface area contributed by atoms with E-state index < -0.39 is 5.97 Å². The van der Waals surface area contributed by atoms with Gasteiger partial charge >= 0.3 is 5.97 Å². The number of hydrogen-bond donors (Lipinski definition) is 1. The number of aliphatic carboxylic acids is 1. The van der Waals surface area contributed by atoms with Gasteiger partial charge < -0.3 is 9.84 Å². The summed E-state index contributed by atoms with van der Waals surface area (Å²) in [5.74, 6) is -0.938. The third kappa shape index (κ3) is 23.1. The van der Waals surface area contributed by atoms with E-state index in [9.17, 15) is 4.79 Å². The van der Waals surface area contributed by atoms with E-state index in [0.717, 1.165) is 19.8 Å². The van der Waals surface area contributed by atoms with Crippen LogP contribution in [0.2, 0.25) is 0 Å². The Morgan fingerprint density at radius 3 is 2.08 bits per heavy atom. The summed E-state index contributed by atoms with van der Waals surface area (Å²) in [7, 11) is 1.41. The monoisotopic (exact) mass is 176 g/mol. The van der Waals surface area contributed by atoms with Gasteiger partial charge in [-0.15, -0.1) is 0 Å². The lowest BCUT2D eigenvalue weighted by atomic mass is 10.3. The van der Waals surface area contributed by atoms with Gasteiger partial charge in [-0.3, -0.25) is 9.59 Å². The van der Waals surface area contributed by atoms with Crippen molar-refractivity contribution >= 4 is 11.9 Å². The smallest absolute Gasteiger partial charge is 0.305 e. The van der Waals surface area contributed by atoms with Crippen molar-refractivity contribution in [1.29, 1.82) is 0 Å². The largest absolute Gasteiger partial charge is 0.481 e. The van der Waals surface area contributed by atoms with Gasteiger partial charge in [-0.05, 0) is 6.42 Å². The first kappa shape index (κ1) is 13.5. The Morgan fingerprint density at radius 2 is 1.83 bits per heavy atom. The van der Waals surface area contributed by atoms with Crippen molar-refractivity contribution in [1.82, 2.24) is 0 Å². The SMILES string of the molecule is CC(=O)O.CCCCC(=O)OC. The first-order valence-electron chi connectivity index (χ1n) is 3.80. The normalized spacial score (nSPS) is 7.92. The first-order valence-corrected chi connectivity index (χ1v) is 3.80. The molecular formula is C8H16O4. The van der Waals surface area contributed by atoms with E-state index in [0.29, 0.717) is 6.42 Å². The van der Waals surface area contributed by atoms with E-state index in [2.05, 4.69) is 4.74 Å². The predicted octanol–water partition coefficient (Wildman–Crippen LogP) is 1.44. The number of carbonyl (C=O) groups is 2. The molecule has 0 unspecified atom stereocenters. The molecule has 0 radical (unpaired) electrons. The summed E-state index contributed by atoms with van der Waals surface area (Å²) in [5, 5.41) is 7.42. The predicted molar refractivity (Wildman–Crippen MR) is 44.9 cm³/mol. The molecule has 0 rings (SSSR count). The summed E-state index contributed by atoms with van der Waals surface area (Å²) in [4.78, 5) is 19.3. The maximum atomic E-state index is 10.3. The van der Waals surface area contributed by atoms with Crippen LogP contribution >= 0.6 is 0 Å². The average Bonchev–Trinajstić information content (AvgIpc) is 1.99. The maximum Gasteiger partial charge on any atom is 0.305 e. The van der Waals surface area contributed by atoms with Crippen LogP contribution in [-0.2, 0) is 14.3 Å². The first-order chi connectivity index (χ1) is 5.54. The minimum Gasteiger partial charge on any atom is -0.481 e. The lowest BCUT2D eigenvalue weighted by Gasteiger charge is -1.93. The topological polar surface area (TPSA) is 63.6 Å². The number of hydrogen-bond acceptors (Lipinski definition) is 3. The Hall–Kier alpha value is -1.06. The van der Waals surface area contributed by atoms with Crippen LogP contribution in [0.5, 0.6) is 0 Å². The van der Waals surface area contributed by atoms with Crippen molar-refractivity contribution in [3.63, 3.8) is 0 Å². The molecule has 0 spiro atoms. The summed E-state index contributed by atoms with van der Waals surface area (Å²) < 4.78 is 4.41. The highest BCUT2D eigenvalue weighted by Crippen LogP contribution is 1.94. The third-order valence-electron chi connectivity index (χ3n) is 0.962. The van der Waals surface area contributed by atoms with Gasteiger partial charge in [0, 0.05) is 13.3 Å². The van der Waals surface area contributed by atoms with Crippen LogP contribution in [-0.4, -0.2) is 24.2 Å². The summed E-state index contributed by atoms with van der Waals surface area (Å²) in [6, 6.07) is 0. The lowest BCUT2D eigenvalue weighted by molar-refractivity contribution is -0.140. The standard InChI is InChI=1S/C6H12O2.C2H4O2/c1-3-4-5-6(7)8-2;1-2(3)4/h3-5H2,1-2H3;1H3,(H,3,4). The molecule has 0 saturated carbocycles. The zero-order chi connectivity index (χ0) is 9.98. The molecule has 72 valence electrons. The molecule has 0 heterocycles. The highest BCUT2D eigenvalue weighted by atomic mass is 16.5. The zero-order valence-electron chi connectivity index (χ0n) is 7.79. The highest BCUT2D eigenvalue weighted by molar-refractivity contribution is 5.68. The van der Waals surface area contributed by atoms with Gasteiger partial charge in [-0.2, -0.15) is 0 Å². The fourth-order valence-electron chi connectivity index (χ4n) is 0.423. The molecule has 4 nitrogen and oxygen atoms in total. The van der Waals surface area contributed by atoms with Crippen LogP contribution in [0.3, 0.4) is 0 Å². The summed E-state index contributed by atoms with van der Waals surface area (Å²) in [6.07, 6.45) is 2.55. The number of ether oxygens (including phenoxy) is 1. The summed E-state index contributed by atoms with van der Waals surface area (Å²) >= 11 is 0. The number of unbranched alkanes of at least 4 members (excludes halogenated alkanes) is 1. The number of carboxylic acid groups (broad SMARTS) is 1. The van der Waals surface area contributed by atoms with Crippen molar-refractivity contribution in [2.75, 3.05) is 7.11 Å². The molecule has 0 saturated heterocycles. The van der Waals surface area contributed by atoms with E-state index in [1.54, 1.807) is 0 Å². The van der Waals surface area contributed by atoms with E-state index in [1.165, 1.54) is 7.11 Å². The number of methoxy groups -OCH3 is 1. The van der Waals surface area contributed by atoms with Gasteiger partial charge in [-0.1, -0.05) is 13.3 Å². The zero-order valence-corrected chi connectivity index (χ0v) is 7.79. The van der Waals surface area contributed by atoms with Gasteiger partial charge in [0.15, 0.2) is 0 Å². The Kier molecular flexibility index (Phi) is 11.2. The molecule has 1 N–H and O–H groups in total. The Balaban J connectivity index is 0. The molecule has 0 aromatic rings. The number of esters is 1. The number of carbonyl (C=O) groups excluding carboxylic acids is 1. The van der Waals surface area contributed by atoms with Crippen LogP contribution < -0.4 is 0 Å². The van der Waals surface area contributed by atoms with Gasteiger partial charge in [0.2, 0.25) is 0 Å². The molecule has 4 heteroatoms. The van der Waals surface area contributed by atoms with E-state index in [-0.39, 0.29) is 5.97 Å². The van der Waals surface area contributed by atoms with Crippen molar-refractivity contribution in [2.45, 2.75) is 33.1 Å². The Bertz CT molecular complexity index is 127. The van der Waals surface area contributed by atoms with Crippen molar-refractivity contribution < 1.29 is 19.4 Å². The highest BCUT2D eigenvalue weighted by Gasteiger charge is 1.95. The molecule has 0 fully saturated rings.